The highest BCUT2D eigenvalue weighted by atomic mass is 32.2. The van der Waals surface area contributed by atoms with Gasteiger partial charge in [0.2, 0.25) is 26.0 Å². The summed E-state index contributed by atoms with van der Waals surface area (Å²) >= 11 is 0. The minimum Gasteiger partial charge on any atom is -0.351 e. The van der Waals surface area contributed by atoms with Crippen LogP contribution >= 0.6 is 0 Å². The third-order valence-electron chi connectivity index (χ3n) is 6.09. The Kier molecular flexibility index (Phi) is 8.38. The Hall–Kier alpha value is -3.12. The second kappa shape index (κ2) is 11.5. The van der Waals surface area contributed by atoms with Gasteiger partial charge in [-0.25, -0.2) is 21.2 Å². The summed E-state index contributed by atoms with van der Waals surface area (Å²) in [6, 6.07) is 19.6. The van der Waals surface area contributed by atoms with E-state index in [2.05, 4.69) is 5.32 Å². The zero-order valence-corrected chi connectivity index (χ0v) is 21.7. The summed E-state index contributed by atoms with van der Waals surface area (Å²) in [5, 5.41) is 2.70. The van der Waals surface area contributed by atoms with Gasteiger partial charge in [0, 0.05) is 26.2 Å². The number of carbonyl (C=O) groups is 1. The maximum atomic E-state index is 13.4. The van der Waals surface area contributed by atoms with Gasteiger partial charge < -0.3 is 5.32 Å². The van der Waals surface area contributed by atoms with Crippen LogP contribution in [0, 0.1) is 5.82 Å². The van der Waals surface area contributed by atoms with Crippen molar-refractivity contribution in [2.45, 2.75) is 35.7 Å². The number of carbonyl (C=O) groups excluding carboxylic acids is 1. The average molecular weight is 546 g/mol. The van der Waals surface area contributed by atoms with E-state index in [1.165, 1.54) is 16.4 Å². The molecule has 1 aliphatic rings. The lowest BCUT2D eigenvalue weighted by Gasteiger charge is -2.22. The first-order chi connectivity index (χ1) is 17.7. The number of amides is 1. The van der Waals surface area contributed by atoms with Crippen LogP contribution in [-0.2, 0) is 37.9 Å². The number of benzene rings is 3. The molecule has 1 N–H and O–H groups in total. The maximum Gasteiger partial charge on any atom is 0.243 e. The van der Waals surface area contributed by atoms with Gasteiger partial charge in [-0.15, -0.1) is 0 Å². The molecule has 0 aliphatic carbocycles. The summed E-state index contributed by atoms with van der Waals surface area (Å²) in [7, 11) is -7.62. The van der Waals surface area contributed by atoms with Crippen molar-refractivity contribution in [3.05, 3.63) is 95.8 Å². The summed E-state index contributed by atoms with van der Waals surface area (Å²) in [6.45, 7) is 0.632. The lowest BCUT2D eigenvalue weighted by atomic mass is 10.2. The van der Waals surface area contributed by atoms with E-state index in [9.17, 15) is 26.0 Å². The summed E-state index contributed by atoms with van der Waals surface area (Å²) in [6.07, 6.45) is 1.70. The van der Waals surface area contributed by atoms with Crippen molar-refractivity contribution in [2.75, 3.05) is 19.6 Å². The molecule has 3 aromatic rings. The van der Waals surface area contributed by atoms with E-state index in [4.69, 9.17) is 0 Å². The highest BCUT2D eigenvalue weighted by Crippen LogP contribution is 2.21. The van der Waals surface area contributed by atoms with Gasteiger partial charge >= 0.3 is 0 Å². The van der Waals surface area contributed by atoms with Crippen molar-refractivity contribution < 1.29 is 26.0 Å². The Morgan fingerprint density at radius 3 is 2.03 bits per heavy atom. The Bertz CT molecular complexity index is 1420. The molecule has 1 aliphatic heterocycles. The van der Waals surface area contributed by atoms with E-state index in [0.717, 1.165) is 41.4 Å². The molecular formula is C26H28FN3O5S2. The summed E-state index contributed by atoms with van der Waals surface area (Å²) in [5.74, 6) is -1.10. The van der Waals surface area contributed by atoms with Crippen molar-refractivity contribution in [3.63, 3.8) is 0 Å². The number of hydrogen-bond donors (Lipinski definition) is 1. The van der Waals surface area contributed by atoms with E-state index in [1.807, 2.05) is 0 Å². The van der Waals surface area contributed by atoms with Crippen LogP contribution in [0.4, 0.5) is 4.39 Å². The van der Waals surface area contributed by atoms with Gasteiger partial charge in [0.15, 0.2) is 0 Å². The fourth-order valence-electron chi connectivity index (χ4n) is 4.04. The molecule has 11 heteroatoms. The molecule has 1 saturated heterocycles. The Labute approximate surface area is 216 Å². The Balaban J connectivity index is 1.44. The van der Waals surface area contributed by atoms with E-state index in [-0.39, 0.29) is 22.9 Å². The second-order valence-electron chi connectivity index (χ2n) is 8.74. The highest BCUT2D eigenvalue weighted by molar-refractivity contribution is 7.89. The molecule has 0 radical (unpaired) electrons. The monoisotopic (exact) mass is 545 g/mol. The molecule has 0 atom stereocenters. The fraction of sp³-hybridized carbons (Fsp3) is 0.269. The maximum absolute atomic E-state index is 13.4. The number of nitrogens with zero attached hydrogens (tertiary/aromatic N) is 2. The molecule has 0 bridgehead atoms. The third-order valence-corrected chi connectivity index (χ3v) is 9.81. The highest BCUT2D eigenvalue weighted by Gasteiger charge is 2.28. The largest absolute Gasteiger partial charge is 0.351 e. The molecular weight excluding hydrogens is 517 g/mol. The van der Waals surface area contributed by atoms with Crippen LogP contribution in [0.1, 0.15) is 24.0 Å². The Morgan fingerprint density at radius 1 is 0.811 bits per heavy atom. The van der Waals surface area contributed by atoms with E-state index >= 15 is 0 Å². The summed E-state index contributed by atoms with van der Waals surface area (Å²) in [5.41, 5.74) is 1.36. The molecule has 0 spiro atoms. The number of nitrogens with one attached hydrogen (secondary N) is 1. The normalized spacial score (nSPS) is 14.6. The van der Waals surface area contributed by atoms with Gasteiger partial charge in [-0.3, -0.25) is 4.79 Å². The van der Waals surface area contributed by atoms with Gasteiger partial charge in [0.1, 0.15) is 5.82 Å². The van der Waals surface area contributed by atoms with Crippen LogP contribution in [0.25, 0.3) is 0 Å². The van der Waals surface area contributed by atoms with Gasteiger partial charge in [-0.05, 0) is 60.4 Å². The average Bonchev–Trinajstić information content (AvgIpc) is 3.44. The van der Waals surface area contributed by atoms with Gasteiger partial charge in [0.05, 0.1) is 16.3 Å². The van der Waals surface area contributed by atoms with Gasteiger partial charge in [-0.2, -0.15) is 8.61 Å². The molecule has 37 heavy (non-hydrogen) atoms. The molecule has 8 nitrogen and oxygen atoms in total. The van der Waals surface area contributed by atoms with Crippen LogP contribution in [-0.4, -0.2) is 51.0 Å². The topological polar surface area (TPSA) is 104 Å². The molecule has 1 heterocycles. The first-order valence-corrected chi connectivity index (χ1v) is 14.7. The van der Waals surface area contributed by atoms with Gasteiger partial charge in [0.25, 0.3) is 0 Å². The smallest absolute Gasteiger partial charge is 0.243 e. The molecule has 1 fully saturated rings. The number of halogens is 1. The standard InChI is InChI=1S/C26H28FN3O5S2/c27-23-10-14-25(15-11-23)37(34,35)30(19-22-6-2-1-3-7-22)20-26(31)28-18-21-8-12-24(13-9-21)36(32,33)29-16-4-5-17-29/h1-3,6-15H,4-5,16-20H2,(H,28,31). The van der Waals surface area contributed by atoms with Crippen LogP contribution < -0.4 is 5.32 Å². The zero-order valence-electron chi connectivity index (χ0n) is 20.1. The van der Waals surface area contributed by atoms with E-state index in [0.29, 0.717) is 24.2 Å². The summed E-state index contributed by atoms with van der Waals surface area (Å²) in [4.78, 5) is 12.8. The number of rotatable bonds is 10. The van der Waals surface area contributed by atoms with Gasteiger partial charge in [-0.1, -0.05) is 42.5 Å². The van der Waals surface area contributed by atoms with E-state index in [1.54, 1.807) is 42.5 Å². The zero-order chi connectivity index (χ0) is 26.5. The first kappa shape index (κ1) is 26.9. The van der Waals surface area contributed by atoms with Crippen molar-refractivity contribution in [1.82, 2.24) is 13.9 Å². The molecule has 4 rings (SSSR count). The second-order valence-corrected chi connectivity index (χ2v) is 12.6. The molecule has 1 amide bonds. The predicted molar refractivity (Wildman–Crippen MR) is 137 cm³/mol. The van der Waals surface area contributed by atoms with Crippen LogP contribution in [0.15, 0.2) is 88.7 Å². The minimum absolute atomic E-state index is 0.0446. The van der Waals surface area contributed by atoms with Crippen LogP contribution in [0.3, 0.4) is 0 Å². The lowest BCUT2D eigenvalue weighted by Crippen LogP contribution is -2.40. The quantitative estimate of drug-likeness (QED) is 0.422. The number of sulfonamides is 2. The van der Waals surface area contributed by atoms with Crippen molar-refractivity contribution in [1.29, 1.82) is 0 Å². The molecule has 196 valence electrons. The molecule has 0 saturated carbocycles. The molecule has 3 aromatic carbocycles. The van der Waals surface area contributed by atoms with Crippen LogP contribution in [0.5, 0.6) is 0 Å². The van der Waals surface area contributed by atoms with E-state index < -0.39 is 38.3 Å². The van der Waals surface area contributed by atoms with Crippen molar-refractivity contribution in [2.24, 2.45) is 0 Å². The SMILES string of the molecule is O=C(CN(Cc1ccccc1)S(=O)(=O)c1ccc(F)cc1)NCc1ccc(S(=O)(=O)N2CCCC2)cc1. The fourth-order valence-corrected chi connectivity index (χ4v) is 6.94. The predicted octanol–water partition coefficient (Wildman–Crippen LogP) is 3.12. The third kappa shape index (κ3) is 6.61. The van der Waals surface area contributed by atoms with Crippen molar-refractivity contribution >= 4 is 26.0 Å². The van der Waals surface area contributed by atoms with Crippen molar-refractivity contribution in [3.8, 4) is 0 Å². The number of hydrogen-bond acceptors (Lipinski definition) is 5. The lowest BCUT2D eigenvalue weighted by molar-refractivity contribution is -0.121. The van der Waals surface area contributed by atoms with Crippen LogP contribution in [0.2, 0.25) is 0 Å². The first-order valence-electron chi connectivity index (χ1n) is 11.8. The minimum atomic E-state index is -4.09. The molecule has 0 unspecified atom stereocenters. The Morgan fingerprint density at radius 2 is 1.41 bits per heavy atom. The summed E-state index contributed by atoms with van der Waals surface area (Å²) < 4.78 is 67.8. The molecule has 0 aromatic heterocycles.